The second-order valence-corrected chi connectivity index (χ2v) is 8.20. The number of benzene rings is 2. The van der Waals surface area contributed by atoms with Gasteiger partial charge in [-0.15, -0.1) is 0 Å². The normalized spacial score (nSPS) is 23.5. The number of nitrogens with zero attached hydrogens (tertiary/aromatic N) is 4. The molecule has 5 amide bonds. The molecule has 5 rings (SSSR count). The number of piperazine rings is 1. The van der Waals surface area contributed by atoms with Crippen LogP contribution in [0.25, 0.3) is 0 Å². The third-order valence-corrected chi connectivity index (χ3v) is 6.27. The van der Waals surface area contributed by atoms with Crippen LogP contribution in [0, 0.1) is 10.1 Å². The van der Waals surface area contributed by atoms with E-state index in [1.165, 1.54) is 40.1 Å². The summed E-state index contributed by atoms with van der Waals surface area (Å²) >= 11 is 0. The molecule has 1 N–H and O–H groups in total. The van der Waals surface area contributed by atoms with E-state index in [2.05, 4.69) is 5.32 Å². The summed E-state index contributed by atoms with van der Waals surface area (Å²) in [6.07, 6.45) is -4.29. The Labute approximate surface area is 189 Å². The topological polar surface area (TPSA) is 116 Å². The summed E-state index contributed by atoms with van der Waals surface area (Å²) in [5.74, 6) is -0.704. The molecule has 0 saturated carbocycles. The summed E-state index contributed by atoms with van der Waals surface area (Å²) in [6.45, 7) is 0.122. The third-order valence-electron chi connectivity index (χ3n) is 6.27. The zero-order chi connectivity index (χ0) is 24.4. The number of amides is 5. The predicted octanol–water partition coefficient (Wildman–Crippen LogP) is 3.44. The molecule has 0 spiro atoms. The number of nitro groups is 1. The highest BCUT2D eigenvalue weighted by molar-refractivity contribution is 6.22. The molecule has 0 aliphatic carbocycles. The van der Waals surface area contributed by atoms with Gasteiger partial charge in [-0.25, -0.2) is 14.5 Å². The summed E-state index contributed by atoms with van der Waals surface area (Å²) in [5, 5.41) is 13.5. The smallest absolute Gasteiger partial charge is 0.317 e. The van der Waals surface area contributed by atoms with Crippen molar-refractivity contribution in [1.82, 2.24) is 9.80 Å². The first-order chi connectivity index (χ1) is 16.1. The molecule has 2 aromatic rings. The maximum absolute atomic E-state index is 13.1. The van der Waals surface area contributed by atoms with E-state index in [9.17, 15) is 37.7 Å². The number of urea groups is 2. The number of nitro benzene ring substituents is 1. The van der Waals surface area contributed by atoms with E-state index in [4.69, 9.17) is 0 Å². The Bertz CT molecular complexity index is 1240. The van der Waals surface area contributed by atoms with E-state index in [0.717, 1.165) is 23.1 Å². The number of carbonyl (C=O) groups is 3. The summed E-state index contributed by atoms with van der Waals surface area (Å²) < 4.78 is 39.3. The van der Waals surface area contributed by atoms with Crippen LogP contribution in [-0.2, 0) is 11.0 Å². The number of nitrogens with one attached hydrogen (secondary N) is 1. The van der Waals surface area contributed by atoms with E-state index in [0.29, 0.717) is 6.42 Å². The van der Waals surface area contributed by atoms with Gasteiger partial charge in [-0.3, -0.25) is 14.9 Å². The van der Waals surface area contributed by atoms with Crippen molar-refractivity contribution >= 4 is 35.0 Å². The molecule has 3 unspecified atom stereocenters. The van der Waals surface area contributed by atoms with Crippen molar-refractivity contribution in [1.29, 1.82) is 0 Å². The molecule has 176 valence electrons. The minimum atomic E-state index is -4.64. The number of anilines is 2. The lowest BCUT2D eigenvalue weighted by molar-refractivity contribution is -0.384. The molecule has 2 aromatic carbocycles. The number of fused-ring (bicyclic) bond motifs is 5. The molecule has 0 radical (unpaired) electrons. The van der Waals surface area contributed by atoms with Gasteiger partial charge in [0.25, 0.3) is 11.6 Å². The van der Waals surface area contributed by atoms with E-state index in [1.807, 2.05) is 0 Å². The number of likely N-dealkylation sites (tertiary alicyclic amines) is 1. The van der Waals surface area contributed by atoms with Gasteiger partial charge in [0.1, 0.15) is 6.04 Å². The lowest BCUT2D eigenvalue weighted by atomic mass is 10.1. The molecule has 3 fully saturated rings. The number of imide groups is 1. The van der Waals surface area contributed by atoms with E-state index >= 15 is 0 Å². The van der Waals surface area contributed by atoms with Crippen molar-refractivity contribution < 1.29 is 32.5 Å². The Kier molecular flexibility index (Phi) is 4.74. The van der Waals surface area contributed by atoms with Crippen molar-refractivity contribution in [3.05, 3.63) is 64.2 Å². The maximum atomic E-state index is 13.1. The van der Waals surface area contributed by atoms with Crippen LogP contribution >= 0.6 is 0 Å². The molecule has 3 aliphatic heterocycles. The summed E-state index contributed by atoms with van der Waals surface area (Å²) in [7, 11) is 0. The molecule has 34 heavy (non-hydrogen) atoms. The Morgan fingerprint density at radius 3 is 2.56 bits per heavy atom. The van der Waals surface area contributed by atoms with Gasteiger partial charge in [-0.05, 0) is 30.7 Å². The molecule has 2 bridgehead atoms. The number of non-ortho nitro benzene ring substituents is 1. The van der Waals surface area contributed by atoms with Gasteiger partial charge in [-0.2, -0.15) is 13.2 Å². The van der Waals surface area contributed by atoms with Gasteiger partial charge in [-0.1, -0.05) is 12.1 Å². The predicted molar refractivity (Wildman–Crippen MR) is 111 cm³/mol. The second-order valence-electron chi connectivity index (χ2n) is 8.20. The Hall–Kier alpha value is -4.16. The van der Waals surface area contributed by atoms with Crippen LogP contribution in [0.1, 0.15) is 12.0 Å². The molecule has 3 heterocycles. The van der Waals surface area contributed by atoms with Crippen LogP contribution in [0.15, 0.2) is 48.5 Å². The van der Waals surface area contributed by atoms with E-state index in [1.54, 1.807) is 0 Å². The Morgan fingerprint density at radius 1 is 1.12 bits per heavy atom. The maximum Gasteiger partial charge on any atom is 0.416 e. The van der Waals surface area contributed by atoms with E-state index in [-0.39, 0.29) is 23.6 Å². The van der Waals surface area contributed by atoms with Crippen LogP contribution < -0.4 is 10.2 Å². The summed E-state index contributed by atoms with van der Waals surface area (Å²) in [5.41, 5.74) is -1.19. The zero-order valence-electron chi connectivity index (χ0n) is 17.2. The number of rotatable bonds is 3. The largest absolute Gasteiger partial charge is 0.416 e. The number of alkyl halides is 3. The number of hydrogen-bond acceptors (Lipinski definition) is 5. The molecular formula is C21H16F3N5O5. The van der Waals surface area contributed by atoms with Crippen molar-refractivity contribution in [2.24, 2.45) is 0 Å². The molecule has 0 aromatic heterocycles. The monoisotopic (exact) mass is 475 g/mol. The van der Waals surface area contributed by atoms with Crippen molar-refractivity contribution in [2.45, 2.75) is 30.7 Å². The molecule has 13 heteroatoms. The quantitative estimate of drug-likeness (QED) is 0.415. The fourth-order valence-electron chi connectivity index (χ4n) is 4.84. The highest BCUT2D eigenvalue weighted by Gasteiger charge is 2.63. The minimum Gasteiger partial charge on any atom is -0.317 e. The first kappa shape index (κ1) is 21.7. The van der Waals surface area contributed by atoms with Crippen LogP contribution in [0.3, 0.4) is 0 Å². The van der Waals surface area contributed by atoms with Gasteiger partial charge in [0.15, 0.2) is 0 Å². The van der Waals surface area contributed by atoms with Crippen LogP contribution in [0.5, 0.6) is 0 Å². The minimum absolute atomic E-state index is 0.122. The second kappa shape index (κ2) is 7.43. The SMILES string of the molecule is O=C1C2C3CC(CN3C(=O)Nc3cccc([N+](=O)[O-])c3)N2C(=O)N1c1cccc(C(F)(F)F)c1. The Balaban J connectivity index is 1.37. The average Bonchev–Trinajstić information content (AvgIpc) is 3.45. The molecule has 3 atom stereocenters. The van der Waals surface area contributed by atoms with Gasteiger partial charge in [0.05, 0.1) is 28.3 Å². The molecular weight excluding hydrogens is 459 g/mol. The van der Waals surface area contributed by atoms with Gasteiger partial charge < -0.3 is 15.1 Å². The van der Waals surface area contributed by atoms with Crippen molar-refractivity contribution in [2.75, 3.05) is 16.8 Å². The van der Waals surface area contributed by atoms with Crippen LogP contribution in [0.2, 0.25) is 0 Å². The lowest BCUT2D eigenvalue weighted by Crippen LogP contribution is -2.55. The zero-order valence-corrected chi connectivity index (χ0v) is 17.2. The Morgan fingerprint density at radius 2 is 1.85 bits per heavy atom. The fourth-order valence-corrected chi connectivity index (χ4v) is 4.84. The van der Waals surface area contributed by atoms with Crippen molar-refractivity contribution in [3.8, 4) is 0 Å². The van der Waals surface area contributed by atoms with E-state index < -0.39 is 52.8 Å². The highest BCUT2D eigenvalue weighted by atomic mass is 19.4. The molecule has 3 aliphatic rings. The molecule has 3 saturated heterocycles. The first-order valence-electron chi connectivity index (χ1n) is 10.2. The first-order valence-corrected chi connectivity index (χ1v) is 10.2. The number of hydrogen-bond donors (Lipinski definition) is 1. The van der Waals surface area contributed by atoms with Gasteiger partial charge in [0, 0.05) is 24.4 Å². The summed E-state index contributed by atoms with van der Waals surface area (Å²) in [4.78, 5) is 52.8. The summed E-state index contributed by atoms with van der Waals surface area (Å²) in [6, 6.07) is 5.85. The fraction of sp³-hybridized carbons (Fsp3) is 0.286. The number of halogens is 3. The van der Waals surface area contributed by atoms with Gasteiger partial charge >= 0.3 is 18.2 Å². The highest BCUT2D eigenvalue weighted by Crippen LogP contribution is 2.43. The molecule has 10 nitrogen and oxygen atoms in total. The third kappa shape index (κ3) is 3.31. The lowest BCUT2D eigenvalue weighted by Gasteiger charge is -2.34. The van der Waals surface area contributed by atoms with Crippen LogP contribution in [0.4, 0.5) is 39.8 Å². The van der Waals surface area contributed by atoms with Crippen LogP contribution in [-0.4, -0.2) is 57.4 Å². The average molecular weight is 475 g/mol. The standard InChI is InChI=1S/C21H16F3N5O5/c22-21(23,24)11-3-1-5-13(7-11)28-18(30)17-16-9-15(27(17)20(28)32)10-26(16)19(31)25-12-4-2-6-14(8-12)29(33)34/h1-8,15-17H,9-10H2,(H,25,31). The van der Waals surface area contributed by atoms with Gasteiger partial charge in [0.2, 0.25) is 0 Å². The number of carbonyl (C=O) groups excluding carboxylic acids is 3. The van der Waals surface area contributed by atoms with Crippen molar-refractivity contribution in [3.63, 3.8) is 0 Å².